The lowest BCUT2D eigenvalue weighted by molar-refractivity contribution is 0.278. The van der Waals surface area contributed by atoms with Gasteiger partial charge in [-0.05, 0) is 13.1 Å². The Morgan fingerprint density at radius 3 is 2.74 bits per heavy atom. The van der Waals surface area contributed by atoms with E-state index >= 15 is 0 Å². The van der Waals surface area contributed by atoms with Crippen molar-refractivity contribution >= 4 is 0 Å². The summed E-state index contributed by atoms with van der Waals surface area (Å²) in [4.78, 5) is 6.56. The van der Waals surface area contributed by atoms with Crippen molar-refractivity contribution in [2.24, 2.45) is 12.8 Å². The van der Waals surface area contributed by atoms with Crippen molar-refractivity contribution in [1.29, 1.82) is 0 Å². The Kier molecular flexibility index (Phi) is 4.28. The van der Waals surface area contributed by atoms with Gasteiger partial charge in [0.05, 0.1) is 17.8 Å². The van der Waals surface area contributed by atoms with Crippen LogP contribution in [0, 0.1) is 0 Å². The highest BCUT2D eigenvalue weighted by Gasteiger charge is 2.17. The summed E-state index contributed by atoms with van der Waals surface area (Å²) in [5.41, 5.74) is 6.90. The summed E-state index contributed by atoms with van der Waals surface area (Å²) < 4.78 is 6.91. The lowest BCUT2D eigenvalue weighted by Crippen LogP contribution is -2.32. The summed E-state index contributed by atoms with van der Waals surface area (Å²) in [6.07, 6.45) is 3.51. The van der Waals surface area contributed by atoms with Crippen LogP contribution in [0.3, 0.4) is 0 Å². The van der Waals surface area contributed by atoms with Crippen LogP contribution in [-0.4, -0.2) is 44.5 Å². The van der Waals surface area contributed by atoms with E-state index in [1.165, 1.54) is 0 Å². The minimum atomic E-state index is -0.242. The monoisotopic (exact) mass is 264 g/mol. The van der Waals surface area contributed by atoms with Crippen molar-refractivity contribution in [2.75, 3.05) is 19.6 Å². The highest BCUT2D eigenvalue weighted by Crippen LogP contribution is 2.18. The molecule has 2 N–H and O–H groups in total. The van der Waals surface area contributed by atoms with Crippen LogP contribution in [0.15, 0.2) is 16.9 Å². The average Bonchev–Trinajstić information content (AvgIpc) is 3.04. The first-order chi connectivity index (χ1) is 9.13. The maximum Gasteiger partial charge on any atom is 0.261 e. The Morgan fingerprint density at radius 2 is 2.16 bits per heavy atom. The number of rotatable bonds is 6. The molecule has 2 aromatic heterocycles. The lowest BCUT2D eigenvalue weighted by Gasteiger charge is -2.20. The Labute approximate surface area is 112 Å². The second-order valence-corrected chi connectivity index (χ2v) is 4.45. The predicted octanol–water partition coefficient (Wildman–Crippen LogP) is 0.812. The Morgan fingerprint density at radius 1 is 1.42 bits per heavy atom. The van der Waals surface area contributed by atoms with Crippen molar-refractivity contribution < 1.29 is 4.52 Å². The summed E-state index contributed by atoms with van der Waals surface area (Å²) in [7, 11) is 1.84. The molecule has 7 heteroatoms. The van der Waals surface area contributed by atoms with Crippen LogP contribution in [0.25, 0.3) is 11.5 Å². The van der Waals surface area contributed by atoms with Gasteiger partial charge in [-0.3, -0.25) is 4.68 Å². The van der Waals surface area contributed by atoms with Crippen LogP contribution in [0.2, 0.25) is 0 Å². The van der Waals surface area contributed by atoms with Gasteiger partial charge in [-0.2, -0.15) is 10.1 Å². The van der Waals surface area contributed by atoms with E-state index in [0.29, 0.717) is 11.7 Å². The van der Waals surface area contributed by atoms with Gasteiger partial charge in [0.2, 0.25) is 0 Å². The van der Waals surface area contributed by atoms with E-state index in [9.17, 15) is 0 Å². The van der Waals surface area contributed by atoms with Crippen LogP contribution in [0.1, 0.15) is 25.7 Å². The van der Waals surface area contributed by atoms with E-state index < -0.39 is 0 Å². The second-order valence-electron chi connectivity index (χ2n) is 4.45. The second kappa shape index (κ2) is 5.94. The molecule has 0 spiro atoms. The Bertz CT molecular complexity index is 516. The molecule has 0 aliphatic heterocycles. The summed E-state index contributed by atoms with van der Waals surface area (Å²) >= 11 is 0. The van der Waals surface area contributed by atoms with Crippen molar-refractivity contribution in [3.63, 3.8) is 0 Å². The van der Waals surface area contributed by atoms with Gasteiger partial charge < -0.3 is 15.2 Å². The van der Waals surface area contributed by atoms with Gasteiger partial charge in [0.15, 0.2) is 5.82 Å². The molecule has 0 aliphatic carbocycles. The maximum atomic E-state index is 6.10. The molecule has 1 atom stereocenters. The molecular formula is C12H20N6O. The number of hydrogen-bond acceptors (Lipinski definition) is 6. The van der Waals surface area contributed by atoms with Crippen molar-refractivity contribution in [3.8, 4) is 11.5 Å². The van der Waals surface area contributed by atoms with Crippen LogP contribution in [0.4, 0.5) is 0 Å². The third-order valence-electron chi connectivity index (χ3n) is 3.07. The van der Waals surface area contributed by atoms with Gasteiger partial charge in [-0.1, -0.05) is 19.0 Å². The van der Waals surface area contributed by atoms with Crippen LogP contribution >= 0.6 is 0 Å². The molecule has 0 amide bonds. The van der Waals surface area contributed by atoms with Gasteiger partial charge in [0.1, 0.15) is 0 Å². The van der Waals surface area contributed by atoms with Crippen LogP contribution < -0.4 is 5.73 Å². The molecule has 2 rings (SSSR count). The van der Waals surface area contributed by atoms with Gasteiger partial charge >= 0.3 is 0 Å². The standard InChI is InChI=1S/C12H20N6O/c1-4-18(5-2)8-10(13)11-15-12(19-16-11)9-6-14-17(3)7-9/h6-7,10H,4-5,8,13H2,1-3H3. The number of nitrogens with zero attached hydrogens (tertiary/aromatic N) is 5. The summed E-state index contributed by atoms with van der Waals surface area (Å²) in [5.74, 6) is 0.990. The molecule has 0 aliphatic rings. The summed E-state index contributed by atoms with van der Waals surface area (Å²) in [6, 6.07) is -0.242. The number of nitrogens with two attached hydrogens (primary N) is 1. The number of aryl methyl sites for hydroxylation is 1. The van der Waals surface area contributed by atoms with E-state index in [-0.39, 0.29) is 6.04 Å². The molecule has 7 nitrogen and oxygen atoms in total. The van der Waals surface area contributed by atoms with Gasteiger partial charge in [0.25, 0.3) is 5.89 Å². The molecular weight excluding hydrogens is 244 g/mol. The van der Waals surface area contributed by atoms with Crippen molar-refractivity contribution in [2.45, 2.75) is 19.9 Å². The van der Waals surface area contributed by atoms with Gasteiger partial charge in [0, 0.05) is 19.8 Å². The molecule has 0 fully saturated rings. The normalized spacial score (nSPS) is 13.1. The molecule has 1 unspecified atom stereocenters. The minimum Gasteiger partial charge on any atom is -0.334 e. The van der Waals surface area contributed by atoms with E-state index in [1.54, 1.807) is 10.9 Å². The fraction of sp³-hybridized carbons (Fsp3) is 0.583. The first kappa shape index (κ1) is 13.7. The molecule has 0 saturated carbocycles. The lowest BCUT2D eigenvalue weighted by atomic mass is 10.2. The topological polar surface area (TPSA) is 86.0 Å². The van der Waals surface area contributed by atoms with E-state index in [1.807, 2.05) is 13.2 Å². The minimum absolute atomic E-state index is 0.242. The number of likely N-dealkylation sites (N-methyl/N-ethyl adjacent to an activating group) is 1. The van der Waals surface area contributed by atoms with Crippen molar-refractivity contribution in [1.82, 2.24) is 24.8 Å². The molecule has 2 aromatic rings. The molecule has 2 heterocycles. The molecule has 19 heavy (non-hydrogen) atoms. The third kappa shape index (κ3) is 3.18. The molecule has 0 aromatic carbocycles. The zero-order chi connectivity index (χ0) is 13.8. The molecule has 0 bridgehead atoms. The molecule has 0 saturated heterocycles. The highest BCUT2D eigenvalue weighted by atomic mass is 16.5. The zero-order valence-electron chi connectivity index (χ0n) is 11.6. The number of aromatic nitrogens is 4. The zero-order valence-corrected chi connectivity index (χ0v) is 11.6. The van der Waals surface area contributed by atoms with E-state index in [4.69, 9.17) is 10.3 Å². The van der Waals surface area contributed by atoms with Crippen LogP contribution in [0.5, 0.6) is 0 Å². The maximum absolute atomic E-state index is 6.10. The van der Waals surface area contributed by atoms with Crippen molar-refractivity contribution in [3.05, 3.63) is 18.2 Å². The summed E-state index contributed by atoms with van der Waals surface area (Å²) in [6.45, 7) is 6.84. The van der Waals surface area contributed by atoms with Gasteiger partial charge in [-0.15, -0.1) is 0 Å². The molecule has 0 radical (unpaired) electrons. The fourth-order valence-corrected chi connectivity index (χ4v) is 1.88. The summed E-state index contributed by atoms with van der Waals surface area (Å²) in [5, 5.41) is 8.02. The van der Waals surface area contributed by atoms with Crippen LogP contribution in [-0.2, 0) is 7.05 Å². The Hall–Kier alpha value is -1.73. The molecule has 104 valence electrons. The largest absolute Gasteiger partial charge is 0.334 e. The average molecular weight is 264 g/mol. The van der Waals surface area contributed by atoms with E-state index in [0.717, 1.165) is 25.2 Å². The first-order valence-corrected chi connectivity index (χ1v) is 6.44. The van der Waals surface area contributed by atoms with E-state index in [2.05, 4.69) is 34.0 Å². The van der Waals surface area contributed by atoms with Gasteiger partial charge in [-0.25, -0.2) is 0 Å². The SMILES string of the molecule is CCN(CC)CC(N)c1noc(-c2cnn(C)c2)n1. The quantitative estimate of drug-likeness (QED) is 0.831. The third-order valence-corrected chi connectivity index (χ3v) is 3.07. The fourth-order valence-electron chi connectivity index (χ4n) is 1.88. The Balaban J connectivity index is 2.08. The predicted molar refractivity (Wildman–Crippen MR) is 71.2 cm³/mol. The number of hydrogen-bond donors (Lipinski definition) is 1. The smallest absolute Gasteiger partial charge is 0.261 e. The first-order valence-electron chi connectivity index (χ1n) is 6.44. The highest BCUT2D eigenvalue weighted by molar-refractivity contribution is 5.49.